The van der Waals surface area contributed by atoms with Gasteiger partial charge in [0.2, 0.25) is 0 Å². The van der Waals surface area contributed by atoms with Crippen molar-refractivity contribution in [2.75, 3.05) is 19.8 Å². The number of aromatic nitrogens is 1. The zero-order valence-corrected chi connectivity index (χ0v) is 12.2. The smallest absolute Gasteiger partial charge is 0.106 e. The van der Waals surface area contributed by atoms with Crippen LogP contribution in [0.25, 0.3) is 0 Å². The lowest BCUT2D eigenvalue weighted by Crippen LogP contribution is -2.17. The first kappa shape index (κ1) is 14.6. The van der Waals surface area contributed by atoms with Crippen LogP contribution in [0.15, 0.2) is 22.8 Å². The molecule has 0 saturated heterocycles. The van der Waals surface area contributed by atoms with E-state index >= 15 is 0 Å². The molecule has 0 unspecified atom stereocenters. The summed E-state index contributed by atoms with van der Waals surface area (Å²) < 4.78 is 6.39. The normalized spacial score (nSPS) is 11.1. The zero-order valence-electron chi connectivity index (χ0n) is 10.6. The molecule has 1 rings (SSSR count). The third kappa shape index (κ3) is 7.47. The van der Waals surface area contributed by atoms with Crippen molar-refractivity contribution >= 4 is 15.9 Å². The van der Waals surface area contributed by atoms with Crippen molar-refractivity contribution in [1.82, 2.24) is 10.3 Å². The van der Waals surface area contributed by atoms with Crippen molar-refractivity contribution in [3.63, 3.8) is 0 Å². The fraction of sp³-hybridized carbons (Fsp3) is 0.615. The van der Waals surface area contributed by atoms with E-state index in [9.17, 15) is 0 Å². The number of nitrogens with one attached hydrogen (secondary N) is 1. The molecule has 0 aliphatic carbocycles. The lowest BCUT2D eigenvalue weighted by molar-refractivity contribution is 0.108. The molecule has 0 bridgehead atoms. The number of halogens is 1. The Morgan fingerprint density at radius 3 is 2.94 bits per heavy atom. The monoisotopic (exact) mass is 300 g/mol. The van der Waals surface area contributed by atoms with Gasteiger partial charge in [0.15, 0.2) is 0 Å². The SMILES string of the molecule is CC(C)COCCCNCc1cccc(Br)n1. The maximum Gasteiger partial charge on any atom is 0.106 e. The number of rotatable bonds is 8. The van der Waals surface area contributed by atoms with Gasteiger partial charge in [-0.25, -0.2) is 4.98 Å². The Labute approximate surface area is 112 Å². The van der Waals surface area contributed by atoms with Crippen LogP contribution in [0.3, 0.4) is 0 Å². The summed E-state index contributed by atoms with van der Waals surface area (Å²) in [6, 6.07) is 5.95. The molecule has 0 amide bonds. The van der Waals surface area contributed by atoms with Crippen LogP contribution in [-0.4, -0.2) is 24.7 Å². The minimum Gasteiger partial charge on any atom is -0.381 e. The third-order valence-electron chi connectivity index (χ3n) is 2.17. The van der Waals surface area contributed by atoms with Crippen molar-refractivity contribution in [2.24, 2.45) is 5.92 Å². The molecule has 0 radical (unpaired) electrons. The molecule has 0 atom stereocenters. The van der Waals surface area contributed by atoms with Gasteiger partial charge < -0.3 is 10.1 Å². The highest BCUT2D eigenvalue weighted by Crippen LogP contribution is 2.05. The molecule has 1 aromatic rings. The Balaban J connectivity index is 2.01. The van der Waals surface area contributed by atoms with E-state index in [0.717, 1.165) is 43.0 Å². The molecule has 1 N–H and O–H groups in total. The van der Waals surface area contributed by atoms with Gasteiger partial charge in [-0.2, -0.15) is 0 Å². The minimum absolute atomic E-state index is 0.619. The largest absolute Gasteiger partial charge is 0.381 e. The predicted molar refractivity (Wildman–Crippen MR) is 73.9 cm³/mol. The van der Waals surface area contributed by atoms with E-state index in [1.807, 2.05) is 18.2 Å². The van der Waals surface area contributed by atoms with Crippen molar-refractivity contribution in [3.8, 4) is 0 Å². The number of ether oxygens (including phenoxy) is 1. The van der Waals surface area contributed by atoms with E-state index in [4.69, 9.17) is 4.74 Å². The first-order valence-electron chi connectivity index (χ1n) is 6.08. The Kier molecular flexibility index (Phi) is 7.40. The molecule has 0 saturated carbocycles. The molecule has 3 nitrogen and oxygen atoms in total. The van der Waals surface area contributed by atoms with Crippen LogP contribution in [0, 0.1) is 5.92 Å². The Hall–Kier alpha value is -0.450. The second kappa shape index (κ2) is 8.61. The van der Waals surface area contributed by atoms with Gasteiger partial charge in [-0.3, -0.25) is 0 Å². The Morgan fingerprint density at radius 2 is 2.24 bits per heavy atom. The molecular formula is C13H21BrN2O. The van der Waals surface area contributed by atoms with E-state index in [0.29, 0.717) is 5.92 Å². The van der Waals surface area contributed by atoms with Gasteiger partial charge in [-0.05, 0) is 46.9 Å². The topological polar surface area (TPSA) is 34.1 Å². The van der Waals surface area contributed by atoms with Crippen LogP contribution in [0.5, 0.6) is 0 Å². The van der Waals surface area contributed by atoms with Crippen LogP contribution in [0.2, 0.25) is 0 Å². The average Bonchev–Trinajstić information content (AvgIpc) is 2.27. The fourth-order valence-electron chi connectivity index (χ4n) is 1.38. The molecule has 0 spiro atoms. The molecule has 0 aromatic carbocycles. The second-order valence-electron chi connectivity index (χ2n) is 4.45. The van der Waals surface area contributed by atoms with E-state index < -0.39 is 0 Å². The molecule has 1 aromatic heterocycles. The Morgan fingerprint density at radius 1 is 1.41 bits per heavy atom. The van der Waals surface area contributed by atoms with Crippen molar-refractivity contribution in [3.05, 3.63) is 28.5 Å². The standard InChI is InChI=1S/C13H21BrN2O/c1-11(2)10-17-8-4-7-15-9-12-5-3-6-13(14)16-12/h3,5-6,11,15H,4,7-10H2,1-2H3. The quantitative estimate of drug-likeness (QED) is 0.592. The van der Waals surface area contributed by atoms with Crippen LogP contribution >= 0.6 is 15.9 Å². The third-order valence-corrected chi connectivity index (χ3v) is 2.61. The van der Waals surface area contributed by atoms with Crippen LogP contribution in [0.4, 0.5) is 0 Å². The molecular weight excluding hydrogens is 280 g/mol. The minimum atomic E-state index is 0.619. The lowest BCUT2D eigenvalue weighted by Gasteiger charge is -2.07. The van der Waals surface area contributed by atoms with Gasteiger partial charge in [0.25, 0.3) is 0 Å². The lowest BCUT2D eigenvalue weighted by atomic mass is 10.2. The van der Waals surface area contributed by atoms with Crippen molar-refractivity contribution in [2.45, 2.75) is 26.8 Å². The van der Waals surface area contributed by atoms with Gasteiger partial charge in [-0.15, -0.1) is 0 Å². The molecule has 96 valence electrons. The first-order chi connectivity index (χ1) is 8.18. The summed E-state index contributed by atoms with van der Waals surface area (Å²) in [4.78, 5) is 4.35. The van der Waals surface area contributed by atoms with Gasteiger partial charge in [0, 0.05) is 19.8 Å². The number of hydrogen-bond acceptors (Lipinski definition) is 3. The second-order valence-corrected chi connectivity index (χ2v) is 5.26. The molecule has 1 heterocycles. The van der Waals surface area contributed by atoms with Gasteiger partial charge in [0.05, 0.1) is 5.69 Å². The molecule has 0 aliphatic heterocycles. The van der Waals surface area contributed by atoms with Gasteiger partial charge in [0.1, 0.15) is 4.60 Å². The summed E-state index contributed by atoms with van der Waals surface area (Å²) in [7, 11) is 0. The van der Waals surface area contributed by atoms with Crippen LogP contribution in [0.1, 0.15) is 26.0 Å². The highest BCUT2D eigenvalue weighted by Gasteiger charge is 1.96. The van der Waals surface area contributed by atoms with E-state index in [1.54, 1.807) is 0 Å². The summed E-state index contributed by atoms with van der Waals surface area (Å²) in [5.74, 6) is 0.619. The van der Waals surface area contributed by atoms with Crippen molar-refractivity contribution in [1.29, 1.82) is 0 Å². The number of pyridine rings is 1. The summed E-state index contributed by atoms with van der Waals surface area (Å²) in [5, 5.41) is 3.35. The fourth-order valence-corrected chi connectivity index (χ4v) is 1.76. The zero-order chi connectivity index (χ0) is 12.5. The van der Waals surface area contributed by atoms with Gasteiger partial charge in [-0.1, -0.05) is 19.9 Å². The molecule has 0 aliphatic rings. The van der Waals surface area contributed by atoms with Crippen molar-refractivity contribution < 1.29 is 4.74 Å². The number of nitrogens with zero attached hydrogens (tertiary/aromatic N) is 1. The maximum atomic E-state index is 5.50. The summed E-state index contributed by atoms with van der Waals surface area (Å²) in [5.41, 5.74) is 1.06. The van der Waals surface area contributed by atoms with E-state index in [-0.39, 0.29) is 0 Å². The summed E-state index contributed by atoms with van der Waals surface area (Å²) in [6.07, 6.45) is 1.04. The maximum absolute atomic E-state index is 5.50. The first-order valence-corrected chi connectivity index (χ1v) is 6.87. The van der Waals surface area contributed by atoms with Crippen LogP contribution < -0.4 is 5.32 Å². The van der Waals surface area contributed by atoms with Crippen LogP contribution in [-0.2, 0) is 11.3 Å². The molecule has 17 heavy (non-hydrogen) atoms. The summed E-state index contributed by atoms with van der Waals surface area (Å²) >= 11 is 3.36. The van der Waals surface area contributed by atoms with Gasteiger partial charge >= 0.3 is 0 Å². The highest BCUT2D eigenvalue weighted by atomic mass is 79.9. The average molecular weight is 301 g/mol. The highest BCUT2D eigenvalue weighted by molar-refractivity contribution is 9.10. The predicted octanol–water partition coefficient (Wildman–Crippen LogP) is 3.00. The van der Waals surface area contributed by atoms with E-state index in [1.165, 1.54) is 0 Å². The van der Waals surface area contributed by atoms with E-state index in [2.05, 4.69) is 40.1 Å². The molecule has 4 heteroatoms. The Bertz CT molecular complexity index is 318. The summed E-state index contributed by atoms with van der Waals surface area (Å²) in [6.45, 7) is 7.79. The number of hydrogen-bond donors (Lipinski definition) is 1. The molecule has 0 fully saturated rings.